The number of carbonyl (C=O) groups is 2. The zero-order valence-electron chi connectivity index (χ0n) is 35.5. The van der Waals surface area contributed by atoms with Gasteiger partial charge in [0, 0.05) is 55.3 Å². The summed E-state index contributed by atoms with van der Waals surface area (Å²) >= 11 is 8.53. The second-order valence-corrected chi connectivity index (χ2v) is 17.0. The third-order valence-electron chi connectivity index (χ3n) is 11.3. The molecule has 0 radical (unpaired) electrons. The van der Waals surface area contributed by atoms with Gasteiger partial charge in [0.1, 0.15) is 59.3 Å². The fourth-order valence-electron chi connectivity index (χ4n) is 7.87. The molecule has 0 spiro atoms. The maximum Gasteiger partial charge on any atom is 0.345 e. The Labute approximate surface area is 382 Å². The first-order valence-corrected chi connectivity index (χ1v) is 21.9. The molecule has 14 nitrogen and oxygen atoms in total. The highest BCUT2D eigenvalue weighted by Crippen LogP contribution is 2.49. The highest BCUT2D eigenvalue weighted by atomic mass is 35.5. The number of carbonyl (C=O) groups excluding carboxylic acids is 1. The van der Waals surface area contributed by atoms with E-state index in [4.69, 9.17) is 40.3 Å². The number of aliphatic carboxylic acids is 1. The Balaban J connectivity index is 1.14. The van der Waals surface area contributed by atoms with Crippen LogP contribution in [0.4, 0.5) is 4.39 Å². The molecule has 3 aliphatic heterocycles. The number of rotatable bonds is 9. The SMILES string of the molecule is COc1ccccc1-c1nccc(COc2ccc3cc2C[C@H](C(=O)O)Oc2ncnc4sc(-c5ccc(F)cc5)c(c24)-c2ccc(c(Cl)c2C)O[C@H](CN2CCN(C)C(=O)C2)CO3)n1. The fourth-order valence-corrected chi connectivity index (χ4v) is 9.23. The molecule has 4 aromatic carbocycles. The molecule has 0 unspecified atom stereocenters. The van der Waals surface area contributed by atoms with Gasteiger partial charge in [-0.1, -0.05) is 41.9 Å². The van der Waals surface area contributed by atoms with E-state index in [0.717, 1.165) is 4.88 Å². The molecule has 65 heavy (non-hydrogen) atoms. The predicted octanol–water partition coefficient (Wildman–Crippen LogP) is 8.16. The van der Waals surface area contributed by atoms with Gasteiger partial charge in [-0.15, -0.1) is 11.3 Å². The topological polar surface area (TPSA) is 159 Å². The van der Waals surface area contributed by atoms with Crippen molar-refractivity contribution in [3.63, 3.8) is 0 Å². The van der Waals surface area contributed by atoms with Gasteiger partial charge in [0.15, 0.2) is 5.82 Å². The molecule has 3 aliphatic rings. The number of amides is 1. The van der Waals surface area contributed by atoms with Crippen LogP contribution in [0.25, 0.3) is 43.2 Å². The van der Waals surface area contributed by atoms with Crippen LogP contribution in [0.3, 0.4) is 0 Å². The molecule has 1 N–H and O–H groups in total. The van der Waals surface area contributed by atoms with Crippen LogP contribution in [0.15, 0.2) is 97.5 Å². The van der Waals surface area contributed by atoms with Crippen LogP contribution in [-0.2, 0) is 22.6 Å². The molecule has 1 amide bonds. The van der Waals surface area contributed by atoms with Crippen molar-refractivity contribution in [3.8, 4) is 61.8 Å². The van der Waals surface area contributed by atoms with Gasteiger partial charge < -0.3 is 33.7 Å². The van der Waals surface area contributed by atoms with Crippen molar-refractivity contribution >= 4 is 45.0 Å². The maximum atomic E-state index is 14.3. The van der Waals surface area contributed by atoms with E-state index in [-0.39, 0.29) is 38.0 Å². The summed E-state index contributed by atoms with van der Waals surface area (Å²) < 4.78 is 45.7. The van der Waals surface area contributed by atoms with Gasteiger partial charge in [-0.3, -0.25) is 9.69 Å². The lowest BCUT2D eigenvalue weighted by molar-refractivity contribution is -0.145. The first-order chi connectivity index (χ1) is 31.5. The number of likely N-dealkylation sites (N-methyl/N-ethyl adjacent to an activating group) is 1. The minimum atomic E-state index is -1.47. The number of carboxylic acid groups (broad SMARTS) is 1. The average molecular weight is 917 g/mol. The predicted molar refractivity (Wildman–Crippen MR) is 243 cm³/mol. The van der Waals surface area contributed by atoms with Crippen LogP contribution >= 0.6 is 22.9 Å². The van der Waals surface area contributed by atoms with Crippen LogP contribution in [0.2, 0.25) is 5.02 Å². The lowest BCUT2D eigenvalue weighted by Gasteiger charge is -2.34. The summed E-state index contributed by atoms with van der Waals surface area (Å²) in [5.74, 6) is 0.627. The fraction of sp³-hybridized carbons (Fsp3) is 0.250. The molecule has 0 saturated carbocycles. The maximum absolute atomic E-state index is 14.3. The number of benzene rings is 4. The van der Waals surface area contributed by atoms with Crippen molar-refractivity contribution in [2.75, 3.05) is 46.9 Å². The number of nitrogens with zero attached hydrogens (tertiary/aromatic N) is 6. The number of hydrogen-bond donors (Lipinski definition) is 1. The van der Waals surface area contributed by atoms with Crippen molar-refractivity contribution in [1.82, 2.24) is 29.7 Å². The van der Waals surface area contributed by atoms with Gasteiger partial charge >= 0.3 is 5.97 Å². The molecular weight excluding hydrogens is 875 g/mol. The Morgan fingerprint density at radius 1 is 0.985 bits per heavy atom. The van der Waals surface area contributed by atoms with Gasteiger partial charge in [0.2, 0.25) is 17.9 Å². The Kier molecular flexibility index (Phi) is 12.5. The quantitative estimate of drug-likeness (QED) is 0.148. The van der Waals surface area contributed by atoms with E-state index in [2.05, 4.69) is 15.0 Å². The van der Waals surface area contributed by atoms with E-state index >= 15 is 0 Å². The number of ether oxygens (including phenoxy) is 5. The third kappa shape index (κ3) is 9.23. The highest BCUT2D eigenvalue weighted by molar-refractivity contribution is 7.22. The second-order valence-electron chi connectivity index (χ2n) is 15.6. The van der Waals surface area contributed by atoms with Crippen molar-refractivity contribution < 1.29 is 42.8 Å². The van der Waals surface area contributed by atoms with Crippen molar-refractivity contribution in [2.45, 2.75) is 32.2 Å². The van der Waals surface area contributed by atoms with Gasteiger partial charge in [-0.05, 0) is 78.2 Å². The summed E-state index contributed by atoms with van der Waals surface area (Å²) in [6.45, 7) is 3.68. The molecule has 0 aliphatic carbocycles. The zero-order valence-corrected chi connectivity index (χ0v) is 37.1. The minimum Gasteiger partial charge on any atom is -0.496 e. The van der Waals surface area contributed by atoms with Crippen LogP contribution < -0.4 is 23.7 Å². The van der Waals surface area contributed by atoms with Crippen LogP contribution in [0, 0.1) is 12.7 Å². The largest absolute Gasteiger partial charge is 0.496 e. The Morgan fingerprint density at radius 2 is 1.82 bits per heavy atom. The van der Waals surface area contributed by atoms with Crippen molar-refractivity contribution in [2.24, 2.45) is 0 Å². The summed E-state index contributed by atoms with van der Waals surface area (Å²) in [4.78, 5) is 49.2. The Hall–Kier alpha value is -6.88. The monoisotopic (exact) mass is 916 g/mol. The molecule has 17 heteroatoms. The number of fused-ring (bicyclic) bond motifs is 7. The Bertz CT molecular complexity index is 2920. The lowest BCUT2D eigenvalue weighted by Crippen LogP contribution is -2.51. The molecule has 7 aromatic rings. The molecule has 332 valence electrons. The minimum absolute atomic E-state index is 0.00335. The number of piperazine rings is 1. The number of aromatic nitrogens is 4. The molecule has 3 aromatic heterocycles. The molecule has 1 saturated heterocycles. The first kappa shape index (κ1) is 43.4. The molecular formula is C48H42ClFN6O8S. The number of carboxylic acids is 1. The summed E-state index contributed by atoms with van der Waals surface area (Å²) in [6.07, 6.45) is 0.709. The summed E-state index contributed by atoms with van der Waals surface area (Å²) in [6, 6.07) is 24.1. The highest BCUT2D eigenvalue weighted by Gasteiger charge is 2.30. The summed E-state index contributed by atoms with van der Waals surface area (Å²) in [5, 5.41) is 11.6. The van der Waals surface area contributed by atoms with Crippen molar-refractivity contribution in [3.05, 3.63) is 125 Å². The van der Waals surface area contributed by atoms with Gasteiger partial charge in [-0.2, -0.15) is 0 Å². The number of para-hydroxylation sites is 1. The number of halogens is 2. The average Bonchev–Trinajstić information content (AvgIpc) is 3.70. The van der Waals surface area contributed by atoms with Gasteiger partial charge in [0.25, 0.3) is 0 Å². The van der Waals surface area contributed by atoms with Gasteiger partial charge in [0.05, 0.1) is 35.3 Å². The normalized spacial score (nSPS) is 16.6. The van der Waals surface area contributed by atoms with E-state index in [9.17, 15) is 19.1 Å². The third-order valence-corrected chi connectivity index (χ3v) is 12.9. The zero-order chi connectivity index (χ0) is 45.2. The number of thiophene rings is 1. The standard InChI is InChI=1S/C48H42ClFN6O8S/c1-27-34-13-15-38(43(27)49)63-33(22-56-19-18-55(2)40(57)23-56)25-61-32-12-14-36(62-24-31-16-17-51-45(54-31)35-6-4-5-7-37(35)60-3)29(20-32)21-39(48(58)59)64-46-42-41(34)44(65-47(42)53-26-52-46)28-8-10-30(50)11-9-28/h4-17,20,26,33,39H,18-19,21-25H2,1-3H3,(H,58,59)/t33-,39-/m1/s1. The number of hydrogen-bond acceptors (Lipinski definition) is 13. The van der Waals surface area contributed by atoms with E-state index in [1.807, 2.05) is 42.2 Å². The van der Waals surface area contributed by atoms with Crippen molar-refractivity contribution in [1.29, 1.82) is 0 Å². The van der Waals surface area contributed by atoms with E-state index in [0.29, 0.717) is 103 Å². The smallest absolute Gasteiger partial charge is 0.345 e. The van der Waals surface area contributed by atoms with Crippen LogP contribution in [-0.4, -0.2) is 106 Å². The second kappa shape index (κ2) is 18.7. The van der Waals surface area contributed by atoms with E-state index in [1.165, 1.54) is 29.8 Å². The van der Waals surface area contributed by atoms with Crippen LogP contribution in [0.1, 0.15) is 16.8 Å². The van der Waals surface area contributed by atoms with Crippen LogP contribution in [0.5, 0.6) is 28.9 Å². The van der Waals surface area contributed by atoms with E-state index in [1.54, 1.807) is 67.7 Å². The molecule has 10 rings (SSSR count). The molecule has 2 atom stereocenters. The van der Waals surface area contributed by atoms with E-state index < -0.39 is 24.0 Å². The Morgan fingerprint density at radius 3 is 2.62 bits per heavy atom. The lowest BCUT2D eigenvalue weighted by atomic mass is 9.96. The molecule has 4 bridgehead atoms. The number of methoxy groups -OCH3 is 1. The summed E-state index contributed by atoms with van der Waals surface area (Å²) in [7, 11) is 3.36. The first-order valence-electron chi connectivity index (χ1n) is 20.7. The molecule has 6 heterocycles. The molecule has 1 fully saturated rings. The van der Waals surface area contributed by atoms with Gasteiger partial charge in [-0.25, -0.2) is 29.1 Å². The summed E-state index contributed by atoms with van der Waals surface area (Å²) in [5.41, 5.74) is 4.41.